The molecule has 0 fully saturated rings. The Morgan fingerprint density at radius 1 is 1.02 bits per heavy atom. The molecule has 0 aliphatic rings. The molecule has 0 saturated carbocycles. The molecule has 1 amide bonds. The van der Waals surface area contributed by atoms with Gasteiger partial charge in [0.1, 0.15) is 5.69 Å². The summed E-state index contributed by atoms with van der Waals surface area (Å²) in [6.45, 7) is 6.09. The normalized spacial score (nSPS) is 12.0. The van der Waals surface area contributed by atoms with Crippen LogP contribution >= 0.6 is 0 Å². The highest BCUT2D eigenvalue weighted by Crippen LogP contribution is 2.31. The number of carbonyl (C=O) groups excluding carboxylic acids is 1. The number of carbonyl (C=O) groups is 1. The highest BCUT2D eigenvalue weighted by Gasteiger charge is 2.31. The number of rotatable bonds is 10. The van der Waals surface area contributed by atoms with Crippen molar-refractivity contribution in [3.8, 4) is 16.9 Å². The van der Waals surface area contributed by atoms with E-state index in [1.165, 1.54) is 29.1 Å². The number of ether oxygens (including phenoxy) is 1. The fourth-order valence-corrected chi connectivity index (χ4v) is 5.34. The standard InChI is InChI=1S/C29H29F3N4O4S/c1-4-40-15-14-33-41(38,39)26-17-23(13-10-20(26)3)34-28(37)25-18-36(24-7-5-6-22(16-24)29(30,31)32)35-27(25)21-11-8-19(2)9-12-21/h5-13,16-18,33H,4,14-15H2,1-3H3,(H,34,37). The molecule has 12 heteroatoms. The number of amides is 1. The molecule has 1 aromatic heterocycles. The molecule has 3 aromatic carbocycles. The van der Waals surface area contributed by atoms with E-state index in [0.29, 0.717) is 17.7 Å². The summed E-state index contributed by atoms with van der Waals surface area (Å²) in [5.74, 6) is -0.615. The van der Waals surface area contributed by atoms with Crippen LogP contribution < -0.4 is 10.0 Å². The number of anilines is 1. The van der Waals surface area contributed by atoms with Crippen molar-refractivity contribution in [3.63, 3.8) is 0 Å². The van der Waals surface area contributed by atoms with E-state index >= 15 is 0 Å². The highest BCUT2D eigenvalue weighted by atomic mass is 32.2. The van der Waals surface area contributed by atoms with Gasteiger partial charge in [0.05, 0.1) is 28.3 Å². The molecule has 216 valence electrons. The molecule has 41 heavy (non-hydrogen) atoms. The molecular formula is C29H29F3N4O4S. The third kappa shape index (κ3) is 7.20. The van der Waals surface area contributed by atoms with Crippen LogP contribution in [0.15, 0.2) is 77.8 Å². The predicted octanol–water partition coefficient (Wildman–Crippen LogP) is 5.74. The number of hydrogen-bond acceptors (Lipinski definition) is 5. The number of halogens is 3. The summed E-state index contributed by atoms with van der Waals surface area (Å²) >= 11 is 0. The van der Waals surface area contributed by atoms with Crippen molar-refractivity contribution in [3.05, 3.63) is 95.2 Å². The maximum atomic E-state index is 13.5. The lowest BCUT2D eigenvalue weighted by Gasteiger charge is -2.12. The molecule has 0 aliphatic heterocycles. The Labute approximate surface area is 236 Å². The van der Waals surface area contributed by atoms with E-state index < -0.39 is 27.7 Å². The minimum Gasteiger partial charge on any atom is -0.380 e. The van der Waals surface area contributed by atoms with Gasteiger partial charge in [0.2, 0.25) is 10.0 Å². The molecule has 0 unspecified atom stereocenters. The van der Waals surface area contributed by atoms with Gasteiger partial charge in [0.15, 0.2) is 0 Å². The Hall–Kier alpha value is -4.00. The molecule has 0 aliphatic carbocycles. The smallest absolute Gasteiger partial charge is 0.380 e. The predicted molar refractivity (Wildman–Crippen MR) is 150 cm³/mol. The van der Waals surface area contributed by atoms with Gasteiger partial charge in [-0.05, 0) is 56.7 Å². The lowest BCUT2D eigenvalue weighted by atomic mass is 10.1. The van der Waals surface area contributed by atoms with E-state index in [1.807, 2.05) is 19.1 Å². The second-order valence-electron chi connectivity index (χ2n) is 9.28. The number of nitrogens with one attached hydrogen (secondary N) is 2. The van der Waals surface area contributed by atoms with Crippen LogP contribution in [0.1, 0.15) is 34.0 Å². The quantitative estimate of drug-likeness (QED) is 0.231. The highest BCUT2D eigenvalue weighted by molar-refractivity contribution is 7.89. The van der Waals surface area contributed by atoms with Crippen LogP contribution in [0.3, 0.4) is 0 Å². The van der Waals surface area contributed by atoms with Crippen LogP contribution in [-0.2, 0) is 20.9 Å². The third-order valence-electron chi connectivity index (χ3n) is 6.20. The monoisotopic (exact) mass is 586 g/mol. The summed E-state index contributed by atoms with van der Waals surface area (Å²) in [6.07, 6.45) is -3.20. The van der Waals surface area contributed by atoms with E-state index in [-0.39, 0.29) is 40.7 Å². The maximum absolute atomic E-state index is 13.5. The number of aryl methyl sites for hydroxylation is 2. The van der Waals surface area contributed by atoms with E-state index in [2.05, 4.69) is 15.1 Å². The summed E-state index contributed by atoms with van der Waals surface area (Å²) in [7, 11) is -3.89. The molecule has 8 nitrogen and oxygen atoms in total. The van der Waals surface area contributed by atoms with Gasteiger partial charge in [-0.2, -0.15) is 18.3 Å². The number of aromatic nitrogens is 2. The Kier molecular flexibility index (Phi) is 8.95. The summed E-state index contributed by atoms with van der Waals surface area (Å²) in [5, 5.41) is 7.16. The number of sulfonamides is 1. The first-order valence-electron chi connectivity index (χ1n) is 12.7. The van der Waals surface area contributed by atoms with Crippen molar-refractivity contribution >= 4 is 21.6 Å². The zero-order valence-corrected chi connectivity index (χ0v) is 23.4. The van der Waals surface area contributed by atoms with E-state index in [0.717, 1.165) is 17.7 Å². The van der Waals surface area contributed by atoms with Gasteiger partial charge in [-0.1, -0.05) is 42.0 Å². The van der Waals surface area contributed by atoms with E-state index in [1.54, 1.807) is 38.1 Å². The minimum absolute atomic E-state index is 0.00906. The average molecular weight is 587 g/mol. The van der Waals surface area contributed by atoms with Crippen LogP contribution in [-0.4, -0.2) is 43.9 Å². The fourth-order valence-electron chi connectivity index (χ4n) is 4.06. The molecule has 0 spiro atoms. The van der Waals surface area contributed by atoms with Crippen LogP contribution in [0.2, 0.25) is 0 Å². The molecule has 2 N–H and O–H groups in total. The molecule has 4 aromatic rings. The van der Waals surface area contributed by atoms with Crippen molar-refractivity contribution in [2.45, 2.75) is 31.8 Å². The first-order valence-corrected chi connectivity index (χ1v) is 14.2. The Morgan fingerprint density at radius 2 is 1.76 bits per heavy atom. The van der Waals surface area contributed by atoms with Gasteiger partial charge in [-0.3, -0.25) is 4.79 Å². The lowest BCUT2D eigenvalue weighted by molar-refractivity contribution is -0.137. The molecular weight excluding hydrogens is 557 g/mol. The zero-order chi connectivity index (χ0) is 29.8. The first-order chi connectivity index (χ1) is 19.4. The van der Waals surface area contributed by atoms with Gasteiger partial charge in [0.25, 0.3) is 5.91 Å². The SMILES string of the molecule is CCOCCNS(=O)(=O)c1cc(NC(=O)c2cn(-c3cccc(C(F)(F)F)c3)nc2-c2ccc(C)cc2)ccc1C. The first kappa shape index (κ1) is 30.0. The second-order valence-corrected chi connectivity index (χ2v) is 11.0. The fraction of sp³-hybridized carbons (Fsp3) is 0.241. The number of nitrogens with zero attached hydrogens (tertiary/aromatic N) is 2. The summed E-state index contributed by atoms with van der Waals surface area (Å²) in [4.78, 5) is 13.5. The van der Waals surface area contributed by atoms with Gasteiger partial charge in [-0.15, -0.1) is 0 Å². The molecule has 0 saturated heterocycles. The average Bonchev–Trinajstić information content (AvgIpc) is 3.38. The molecule has 4 rings (SSSR count). The van der Waals surface area contributed by atoms with E-state index in [9.17, 15) is 26.4 Å². The van der Waals surface area contributed by atoms with Crippen molar-refractivity contribution < 1.29 is 31.1 Å². The Morgan fingerprint density at radius 3 is 2.44 bits per heavy atom. The lowest BCUT2D eigenvalue weighted by Crippen LogP contribution is -2.28. The van der Waals surface area contributed by atoms with Crippen molar-refractivity contribution in [1.29, 1.82) is 0 Å². The third-order valence-corrected chi connectivity index (χ3v) is 7.80. The van der Waals surface area contributed by atoms with Gasteiger partial charge in [0, 0.05) is 30.6 Å². The maximum Gasteiger partial charge on any atom is 0.416 e. The van der Waals surface area contributed by atoms with Crippen LogP contribution in [0.25, 0.3) is 16.9 Å². The van der Waals surface area contributed by atoms with Gasteiger partial charge >= 0.3 is 6.18 Å². The minimum atomic E-state index is -4.55. The topological polar surface area (TPSA) is 102 Å². The van der Waals surface area contributed by atoms with Crippen molar-refractivity contribution in [2.24, 2.45) is 0 Å². The number of alkyl halides is 3. The summed E-state index contributed by atoms with van der Waals surface area (Å²) < 4.78 is 74.7. The van der Waals surface area contributed by atoms with Crippen LogP contribution in [0.4, 0.5) is 18.9 Å². The zero-order valence-electron chi connectivity index (χ0n) is 22.6. The van der Waals surface area contributed by atoms with Crippen molar-refractivity contribution in [1.82, 2.24) is 14.5 Å². The number of hydrogen-bond donors (Lipinski definition) is 2. The second kappa shape index (κ2) is 12.2. The van der Waals surface area contributed by atoms with Crippen molar-refractivity contribution in [2.75, 3.05) is 25.1 Å². The molecule has 0 radical (unpaired) electrons. The Bertz CT molecular complexity index is 1650. The van der Waals surface area contributed by atoms with Crippen LogP contribution in [0.5, 0.6) is 0 Å². The molecule has 0 bridgehead atoms. The van der Waals surface area contributed by atoms with Gasteiger partial charge < -0.3 is 10.1 Å². The Balaban J connectivity index is 1.69. The summed E-state index contributed by atoms with van der Waals surface area (Å²) in [5.41, 5.74) is 1.85. The number of benzene rings is 3. The summed E-state index contributed by atoms with van der Waals surface area (Å²) in [6, 6.07) is 16.3. The molecule has 1 heterocycles. The van der Waals surface area contributed by atoms with Crippen LogP contribution in [0, 0.1) is 13.8 Å². The molecule has 0 atom stereocenters. The largest absolute Gasteiger partial charge is 0.416 e. The van der Waals surface area contributed by atoms with Gasteiger partial charge in [-0.25, -0.2) is 17.8 Å². The van der Waals surface area contributed by atoms with E-state index in [4.69, 9.17) is 4.74 Å².